The molecule has 1 aromatic rings. The molecule has 0 fully saturated rings. The van der Waals surface area contributed by atoms with E-state index in [1.807, 2.05) is 0 Å². The van der Waals surface area contributed by atoms with Crippen LogP contribution < -0.4 is 27.4 Å². The maximum atomic E-state index is 12.8. The summed E-state index contributed by atoms with van der Waals surface area (Å²) >= 11 is 0. The third-order valence-electron chi connectivity index (χ3n) is 4.46. The van der Waals surface area contributed by atoms with Crippen LogP contribution in [0.3, 0.4) is 0 Å². The van der Waals surface area contributed by atoms with Crippen molar-refractivity contribution in [1.29, 1.82) is 0 Å². The second-order valence-electron chi connectivity index (χ2n) is 7.19. The molecule has 32 heavy (non-hydrogen) atoms. The summed E-state index contributed by atoms with van der Waals surface area (Å²) in [6.45, 7) is 0.649. The number of carbonyl (C=O) groups is 5. The maximum absolute atomic E-state index is 12.8. The topological polar surface area (TPSA) is 214 Å². The molecule has 12 heteroatoms. The summed E-state index contributed by atoms with van der Waals surface area (Å²) < 4.78 is 0. The number of benzene rings is 1. The monoisotopic (exact) mass is 451 g/mol. The van der Waals surface area contributed by atoms with Gasteiger partial charge in [-0.2, -0.15) is 0 Å². The van der Waals surface area contributed by atoms with Crippen LogP contribution in [0.25, 0.3) is 0 Å². The highest BCUT2D eigenvalue weighted by Gasteiger charge is 2.29. The molecule has 4 amide bonds. The number of carboxylic acid groups (broad SMARTS) is 1. The summed E-state index contributed by atoms with van der Waals surface area (Å²) in [5.41, 5.74) is 11.4. The van der Waals surface area contributed by atoms with Crippen molar-refractivity contribution in [3.63, 3.8) is 0 Å². The summed E-state index contributed by atoms with van der Waals surface area (Å²) in [6, 6.07) is 4.91. The Morgan fingerprint density at radius 1 is 0.969 bits per heavy atom. The largest absolute Gasteiger partial charge is 0.480 e. The van der Waals surface area contributed by atoms with E-state index < -0.39 is 60.4 Å². The Labute approximate surface area is 184 Å². The smallest absolute Gasteiger partial charge is 0.322 e. The Hall–Kier alpha value is -3.51. The normalized spacial score (nSPS) is 14.3. The second-order valence-corrected chi connectivity index (χ2v) is 7.19. The van der Waals surface area contributed by atoms with Crippen molar-refractivity contribution in [2.45, 2.75) is 50.4 Å². The predicted molar refractivity (Wildman–Crippen MR) is 113 cm³/mol. The van der Waals surface area contributed by atoms with Crippen LogP contribution >= 0.6 is 0 Å². The summed E-state index contributed by atoms with van der Waals surface area (Å²) in [4.78, 5) is 59.5. The molecule has 0 aliphatic heterocycles. The summed E-state index contributed by atoms with van der Waals surface area (Å²) in [5, 5.41) is 25.3. The third kappa shape index (κ3) is 9.53. The van der Waals surface area contributed by atoms with Crippen molar-refractivity contribution in [3.05, 3.63) is 35.9 Å². The first-order chi connectivity index (χ1) is 15.0. The average Bonchev–Trinajstić information content (AvgIpc) is 2.73. The van der Waals surface area contributed by atoms with Gasteiger partial charge in [-0.05, 0) is 18.9 Å². The highest BCUT2D eigenvalue weighted by atomic mass is 16.4. The predicted octanol–water partition coefficient (Wildman–Crippen LogP) is -2.63. The van der Waals surface area contributed by atoms with Crippen molar-refractivity contribution >= 4 is 29.6 Å². The lowest BCUT2D eigenvalue weighted by Crippen LogP contribution is -2.57. The molecular formula is C20H29N5O7. The summed E-state index contributed by atoms with van der Waals surface area (Å²) in [6.07, 6.45) is -1.56. The van der Waals surface area contributed by atoms with Gasteiger partial charge in [-0.25, -0.2) is 0 Å². The van der Waals surface area contributed by atoms with E-state index in [0.717, 1.165) is 0 Å². The fourth-order valence-corrected chi connectivity index (χ4v) is 2.66. The van der Waals surface area contributed by atoms with Gasteiger partial charge in [-0.1, -0.05) is 30.3 Å². The standard InChI is InChI=1S/C20H29N5O7/c1-11(26)17(22)20(32)24-13(7-8-15(21)27)19(31)25-14(18(30)23-10-16(28)29)9-12-5-3-2-4-6-12/h2-6,11,13-14,17,26H,7-10,22H2,1H3,(H2,21,27)(H,23,30)(H,24,32)(H,25,31)(H,28,29). The van der Waals surface area contributed by atoms with Crippen LogP contribution in [0.4, 0.5) is 0 Å². The van der Waals surface area contributed by atoms with E-state index >= 15 is 0 Å². The molecule has 176 valence electrons. The number of aliphatic hydroxyl groups is 1. The van der Waals surface area contributed by atoms with Crippen LogP contribution in [0.15, 0.2) is 30.3 Å². The Kier molecular flexibility index (Phi) is 10.8. The SMILES string of the molecule is CC(O)C(N)C(=O)NC(CCC(N)=O)C(=O)NC(Cc1ccccc1)C(=O)NCC(=O)O. The van der Waals surface area contributed by atoms with Crippen LogP contribution in [0.2, 0.25) is 0 Å². The van der Waals surface area contributed by atoms with Crippen LogP contribution in [-0.2, 0) is 30.4 Å². The van der Waals surface area contributed by atoms with E-state index in [2.05, 4.69) is 16.0 Å². The van der Waals surface area contributed by atoms with Gasteiger partial charge in [0.1, 0.15) is 24.7 Å². The van der Waals surface area contributed by atoms with Crippen molar-refractivity contribution in [2.24, 2.45) is 11.5 Å². The number of hydrogen-bond donors (Lipinski definition) is 7. The zero-order valence-electron chi connectivity index (χ0n) is 17.6. The number of primary amides is 1. The van der Waals surface area contributed by atoms with Crippen molar-refractivity contribution in [2.75, 3.05) is 6.54 Å². The molecule has 0 saturated heterocycles. The average molecular weight is 451 g/mol. The van der Waals surface area contributed by atoms with Gasteiger partial charge in [-0.15, -0.1) is 0 Å². The van der Waals surface area contributed by atoms with Crippen LogP contribution in [0, 0.1) is 0 Å². The van der Waals surface area contributed by atoms with Crippen LogP contribution in [0.5, 0.6) is 0 Å². The molecule has 9 N–H and O–H groups in total. The molecular weight excluding hydrogens is 422 g/mol. The van der Waals surface area contributed by atoms with Crippen molar-refractivity contribution in [1.82, 2.24) is 16.0 Å². The van der Waals surface area contributed by atoms with Gasteiger partial charge >= 0.3 is 5.97 Å². The fourth-order valence-electron chi connectivity index (χ4n) is 2.66. The second kappa shape index (κ2) is 13.0. The number of amides is 4. The fraction of sp³-hybridized carbons (Fsp3) is 0.450. The Balaban J connectivity index is 3.01. The molecule has 0 bridgehead atoms. The highest BCUT2D eigenvalue weighted by molar-refractivity contribution is 5.94. The number of rotatable bonds is 13. The molecule has 12 nitrogen and oxygen atoms in total. The van der Waals surface area contributed by atoms with Crippen LogP contribution in [-0.4, -0.2) is 70.6 Å². The number of aliphatic hydroxyl groups excluding tert-OH is 1. The van der Waals surface area contributed by atoms with Gasteiger partial charge in [0.2, 0.25) is 23.6 Å². The first-order valence-electron chi connectivity index (χ1n) is 9.87. The summed E-state index contributed by atoms with van der Waals surface area (Å²) in [5.74, 6) is -4.35. The lowest BCUT2D eigenvalue weighted by molar-refractivity contribution is -0.138. The van der Waals surface area contributed by atoms with E-state index in [4.69, 9.17) is 16.6 Å². The quantitative estimate of drug-likeness (QED) is 0.168. The molecule has 0 aromatic heterocycles. The van der Waals surface area contributed by atoms with Gasteiger partial charge in [0.05, 0.1) is 6.10 Å². The molecule has 0 radical (unpaired) electrons. The molecule has 0 aliphatic carbocycles. The molecule has 0 aliphatic rings. The molecule has 1 rings (SSSR count). The molecule has 0 spiro atoms. The zero-order chi connectivity index (χ0) is 24.3. The first-order valence-corrected chi connectivity index (χ1v) is 9.87. The summed E-state index contributed by atoms with van der Waals surface area (Å²) in [7, 11) is 0. The number of aliphatic carboxylic acids is 1. The number of hydrogen-bond acceptors (Lipinski definition) is 7. The van der Waals surface area contributed by atoms with E-state index in [9.17, 15) is 29.1 Å². The van der Waals surface area contributed by atoms with Crippen molar-refractivity contribution < 1.29 is 34.2 Å². The van der Waals surface area contributed by atoms with E-state index in [1.165, 1.54) is 6.92 Å². The van der Waals surface area contributed by atoms with Gasteiger partial charge in [-0.3, -0.25) is 24.0 Å². The Morgan fingerprint density at radius 2 is 1.56 bits per heavy atom. The zero-order valence-corrected chi connectivity index (χ0v) is 17.6. The minimum absolute atomic E-state index is 0.0434. The molecule has 4 unspecified atom stereocenters. The van der Waals surface area contributed by atoms with E-state index in [0.29, 0.717) is 5.56 Å². The van der Waals surface area contributed by atoms with Crippen LogP contribution in [0.1, 0.15) is 25.3 Å². The number of carbonyl (C=O) groups excluding carboxylic acids is 4. The molecule has 0 saturated carbocycles. The van der Waals surface area contributed by atoms with Gasteiger partial charge in [0, 0.05) is 12.8 Å². The van der Waals surface area contributed by atoms with Gasteiger partial charge in [0.15, 0.2) is 0 Å². The Morgan fingerprint density at radius 3 is 2.09 bits per heavy atom. The molecule has 4 atom stereocenters. The lowest BCUT2D eigenvalue weighted by Gasteiger charge is -2.24. The van der Waals surface area contributed by atoms with E-state index in [1.54, 1.807) is 30.3 Å². The third-order valence-corrected chi connectivity index (χ3v) is 4.46. The minimum Gasteiger partial charge on any atom is -0.480 e. The Bertz CT molecular complexity index is 816. The first kappa shape index (κ1) is 26.5. The maximum Gasteiger partial charge on any atom is 0.322 e. The van der Waals surface area contributed by atoms with Gasteiger partial charge < -0.3 is 37.6 Å². The molecule has 0 heterocycles. The molecule has 1 aromatic carbocycles. The van der Waals surface area contributed by atoms with Gasteiger partial charge in [0.25, 0.3) is 0 Å². The lowest BCUT2D eigenvalue weighted by atomic mass is 10.0. The number of carboxylic acids is 1. The number of nitrogens with two attached hydrogens (primary N) is 2. The number of nitrogens with one attached hydrogen (secondary N) is 3. The van der Waals surface area contributed by atoms with E-state index in [-0.39, 0.29) is 19.3 Å². The minimum atomic E-state index is -1.32. The van der Waals surface area contributed by atoms with Crippen molar-refractivity contribution in [3.8, 4) is 0 Å². The highest BCUT2D eigenvalue weighted by Crippen LogP contribution is 2.06.